The van der Waals surface area contributed by atoms with Crippen molar-refractivity contribution in [2.24, 2.45) is 0 Å². The summed E-state index contributed by atoms with van der Waals surface area (Å²) in [6.45, 7) is 0. The highest BCUT2D eigenvalue weighted by Crippen LogP contribution is 2.20. The van der Waals surface area contributed by atoms with Gasteiger partial charge in [-0.15, -0.1) is 0 Å². The van der Waals surface area contributed by atoms with Crippen molar-refractivity contribution in [3.05, 3.63) is 107 Å². The highest BCUT2D eigenvalue weighted by molar-refractivity contribution is 5.74. The van der Waals surface area contributed by atoms with E-state index in [1.165, 1.54) is 11.4 Å². The Balaban J connectivity index is 1.49. The zero-order valence-electron chi connectivity index (χ0n) is 20.2. The number of pyridine rings is 2. The van der Waals surface area contributed by atoms with Crippen LogP contribution in [0.25, 0.3) is 35.7 Å². The Bertz CT molecular complexity index is 1180. The van der Waals surface area contributed by atoms with Gasteiger partial charge in [-0.2, -0.15) is 0 Å². The second kappa shape index (κ2) is 10.6. The highest BCUT2D eigenvalue weighted by Gasteiger charge is 2.03. The predicted octanol–water partition coefficient (Wildman–Crippen LogP) is 6.62. The molecule has 0 bridgehead atoms. The van der Waals surface area contributed by atoms with Crippen LogP contribution >= 0.6 is 0 Å². The molecule has 0 N–H and O–H groups in total. The molecule has 0 atom stereocenters. The number of benzene rings is 2. The molecule has 4 aromatic rings. The fourth-order valence-electron chi connectivity index (χ4n) is 3.53. The van der Waals surface area contributed by atoms with Gasteiger partial charge in [-0.1, -0.05) is 48.6 Å². The second-order valence-corrected chi connectivity index (χ2v) is 8.59. The summed E-state index contributed by atoms with van der Waals surface area (Å²) in [5, 5.41) is 0. The molecule has 2 heterocycles. The summed E-state index contributed by atoms with van der Waals surface area (Å²) in [4.78, 5) is 13.3. The monoisotopic (exact) mass is 446 g/mol. The Hall–Kier alpha value is -4.18. The number of hydrogen-bond acceptors (Lipinski definition) is 4. The summed E-state index contributed by atoms with van der Waals surface area (Å²) in [6, 6.07) is 25.1. The fraction of sp³-hybridized carbons (Fsp3) is 0.133. The minimum Gasteiger partial charge on any atom is -0.378 e. The highest BCUT2D eigenvalue weighted by atomic mass is 15.1. The third-order valence-electron chi connectivity index (χ3n) is 5.59. The normalized spacial score (nSPS) is 11.3. The van der Waals surface area contributed by atoms with E-state index in [0.29, 0.717) is 0 Å². The molecule has 0 saturated carbocycles. The first-order valence-corrected chi connectivity index (χ1v) is 11.3. The Morgan fingerprint density at radius 3 is 1.18 bits per heavy atom. The molecule has 0 saturated heterocycles. The molecule has 4 rings (SSSR count). The molecular formula is C30H30N4. The van der Waals surface area contributed by atoms with E-state index >= 15 is 0 Å². The van der Waals surface area contributed by atoms with Gasteiger partial charge >= 0.3 is 0 Å². The van der Waals surface area contributed by atoms with Crippen LogP contribution < -0.4 is 9.80 Å². The zero-order chi connectivity index (χ0) is 23.9. The van der Waals surface area contributed by atoms with Gasteiger partial charge in [-0.3, -0.25) is 9.97 Å². The molecule has 4 nitrogen and oxygen atoms in total. The van der Waals surface area contributed by atoms with Gasteiger partial charge in [0.25, 0.3) is 0 Å². The van der Waals surface area contributed by atoms with Gasteiger partial charge in [0.2, 0.25) is 0 Å². The Kier molecular flexibility index (Phi) is 7.19. The smallest absolute Gasteiger partial charge is 0.0892 e. The van der Waals surface area contributed by atoms with E-state index in [-0.39, 0.29) is 0 Å². The first-order valence-electron chi connectivity index (χ1n) is 11.3. The van der Waals surface area contributed by atoms with E-state index in [4.69, 9.17) is 0 Å². The van der Waals surface area contributed by atoms with Crippen molar-refractivity contribution in [1.29, 1.82) is 0 Å². The van der Waals surface area contributed by atoms with Crippen molar-refractivity contribution in [2.45, 2.75) is 0 Å². The average molecular weight is 447 g/mol. The molecule has 4 heteroatoms. The van der Waals surface area contributed by atoms with Crippen LogP contribution in [0.3, 0.4) is 0 Å². The summed E-state index contributed by atoms with van der Waals surface area (Å²) >= 11 is 0. The number of rotatable bonds is 7. The summed E-state index contributed by atoms with van der Waals surface area (Å²) in [5.41, 5.74) is 8.59. The Morgan fingerprint density at radius 1 is 0.471 bits per heavy atom. The SMILES string of the molecule is CN(C)c1ccc(C=Cc2ccnc(-c3cc(C=Cc4ccc(N(C)C)cc4)ccn3)c2)cc1. The Morgan fingerprint density at radius 2 is 0.824 bits per heavy atom. The lowest BCUT2D eigenvalue weighted by Crippen LogP contribution is -2.07. The van der Waals surface area contributed by atoms with Crippen LogP contribution in [0.2, 0.25) is 0 Å². The molecule has 0 radical (unpaired) electrons. The summed E-state index contributed by atoms with van der Waals surface area (Å²) in [6.07, 6.45) is 12.1. The van der Waals surface area contributed by atoms with E-state index in [0.717, 1.165) is 33.6 Å². The van der Waals surface area contributed by atoms with E-state index in [1.54, 1.807) is 0 Å². The molecule has 0 aliphatic carbocycles. The molecule has 0 fully saturated rings. The van der Waals surface area contributed by atoms with Crippen LogP contribution in [-0.2, 0) is 0 Å². The van der Waals surface area contributed by atoms with Crippen LogP contribution in [0.15, 0.2) is 85.2 Å². The Labute approximate surface area is 202 Å². The van der Waals surface area contributed by atoms with Crippen molar-refractivity contribution in [2.75, 3.05) is 38.0 Å². The minimum absolute atomic E-state index is 0.857. The first kappa shape index (κ1) is 23.0. The fourth-order valence-corrected chi connectivity index (χ4v) is 3.53. The molecule has 0 unspecified atom stereocenters. The van der Waals surface area contributed by atoms with Crippen molar-refractivity contribution in [3.63, 3.8) is 0 Å². The molecule has 2 aromatic heterocycles. The summed E-state index contributed by atoms with van der Waals surface area (Å²) in [5.74, 6) is 0. The molecule has 2 aromatic carbocycles. The maximum Gasteiger partial charge on any atom is 0.0892 e. The van der Waals surface area contributed by atoms with Crippen LogP contribution in [0.1, 0.15) is 22.3 Å². The van der Waals surface area contributed by atoms with Crippen molar-refractivity contribution in [1.82, 2.24) is 9.97 Å². The lowest BCUT2D eigenvalue weighted by Gasteiger charge is -2.11. The number of anilines is 2. The van der Waals surface area contributed by atoms with E-state index in [9.17, 15) is 0 Å². The van der Waals surface area contributed by atoms with Gasteiger partial charge in [0.1, 0.15) is 0 Å². The van der Waals surface area contributed by atoms with E-state index in [1.807, 2.05) is 52.7 Å². The molecule has 170 valence electrons. The average Bonchev–Trinajstić information content (AvgIpc) is 2.87. The second-order valence-electron chi connectivity index (χ2n) is 8.59. The van der Waals surface area contributed by atoms with Crippen LogP contribution in [0.5, 0.6) is 0 Å². The van der Waals surface area contributed by atoms with Crippen molar-refractivity contribution >= 4 is 35.7 Å². The zero-order valence-corrected chi connectivity index (χ0v) is 20.2. The van der Waals surface area contributed by atoms with Gasteiger partial charge in [0.05, 0.1) is 11.4 Å². The topological polar surface area (TPSA) is 32.3 Å². The lowest BCUT2D eigenvalue weighted by atomic mass is 10.1. The van der Waals surface area contributed by atoms with Gasteiger partial charge in [-0.25, -0.2) is 0 Å². The number of nitrogens with zero attached hydrogens (tertiary/aromatic N) is 4. The van der Waals surface area contributed by atoms with Crippen molar-refractivity contribution in [3.8, 4) is 11.4 Å². The molecule has 0 aliphatic heterocycles. The standard InChI is InChI=1S/C30H30N4/c1-33(2)27-13-9-23(10-14-27)5-7-25-17-19-31-29(21-25)30-22-26(18-20-32-30)8-6-24-11-15-28(16-12-24)34(3)4/h5-22H,1-4H3. The number of hydrogen-bond donors (Lipinski definition) is 0. The van der Waals surface area contributed by atoms with Gasteiger partial charge < -0.3 is 9.80 Å². The largest absolute Gasteiger partial charge is 0.378 e. The van der Waals surface area contributed by atoms with Crippen molar-refractivity contribution < 1.29 is 0 Å². The van der Waals surface area contributed by atoms with Crippen LogP contribution in [0.4, 0.5) is 11.4 Å². The van der Waals surface area contributed by atoms with Gasteiger partial charge in [0.15, 0.2) is 0 Å². The third kappa shape index (κ3) is 5.99. The lowest BCUT2D eigenvalue weighted by molar-refractivity contribution is 1.13. The predicted molar refractivity (Wildman–Crippen MR) is 147 cm³/mol. The molecule has 34 heavy (non-hydrogen) atoms. The van der Waals surface area contributed by atoms with E-state index in [2.05, 4.69) is 105 Å². The molecule has 0 spiro atoms. The number of aromatic nitrogens is 2. The maximum absolute atomic E-state index is 4.55. The van der Waals surface area contributed by atoms with Crippen LogP contribution in [-0.4, -0.2) is 38.2 Å². The van der Waals surface area contributed by atoms with Gasteiger partial charge in [-0.05, 0) is 70.8 Å². The minimum atomic E-state index is 0.857. The first-order chi connectivity index (χ1) is 16.5. The molecular weight excluding hydrogens is 416 g/mol. The maximum atomic E-state index is 4.55. The third-order valence-corrected chi connectivity index (χ3v) is 5.59. The van der Waals surface area contributed by atoms with Gasteiger partial charge in [0, 0.05) is 52.0 Å². The summed E-state index contributed by atoms with van der Waals surface area (Å²) < 4.78 is 0. The molecule has 0 aliphatic rings. The summed E-state index contributed by atoms with van der Waals surface area (Å²) in [7, 11) is 8.19. The molecule has 0 amide bonds. The quantitative estimate of drug-likeness (QED) is 0.319. The van der Waals surface area contributed by atoms with Crippen LogP contribution in [0, 0.1) is 0 Å². The van der Waals surface area contributed by atoms with E-state index < -0.39 is 0 Å².